The molecule has 142 valence electrons. The first-order valence-corrected chi connectivity index (χ1v) is 9.44. The highest BCUT2D eigenvalue weighted by Gasteiger charge is 2.21. The number of carbonyl (C=O) groups is 2. The fraction of sp³-hybridized carbons (Fsp3) is 0.0476. The average Bonchev–Trinajstić information content (AvgIpc) is 3.10. The van der Waals surface area contributed by atoms with Crippen molar-refractivity contribution in [2.45, 2.75) is 0 Å². The van der Waals surface area contributed by atoms with Gasteiger partial charge in [0.15, 0.2) is 0 Å². The molecule has 3 aromatic rings. The Hall–Kier alpha value is -2.96. The van der Waals surface area contributed by atoms with E-state index in [1.165, 1.54) is 36.7 Å². The Balaban J connectivity index is 1.86. The number of benzene rings is 2. The molecular weight excluding hydrogens is 401 g/mol. The average molecular weight is 416 g/mol. The number of carbonyl (C=O) groups excluding carboxylic acids is 2. The van der Waals surface area contributed by atoms with Crippen LogP contribution in [0.1, 0.15) is 15.9 Å². The monoisotopic (exact) mass is 415 g/mol. The summed E-state index contributed by atoms with van der Waals surface area (Å²) in [6, 6.07) is 12.8. The van der Waals surface area contributed by atoms with Gasteiger partial charge in [-0.3, -0.25) is 4.79 Å². The maximum atomic E-state index is 13.2. The predicted octanol–water partition coefficient (Wildman–Crippen LogP) is 5.65. The quantitative estimate of drug-likeness (QED) is 0.433. The summed E-state index contributed by atoms with van der Waals surface area (Å²) in [4.78, 5) is 24.6. The number of hydrogen-bond acceptors (Lipinski definition) is 4. The lowest BCUT2D eigenvalue weighted by Crippen LogP contribution is -2.11. The van der Waals surface area contributed by atoms with Crippen LogP contribution in [0.2, 0.25) is 5.02 Å². The molecule has 0 aliphatic heterocycles. The number of methoxy groups -OCH3 is 1. The van der Waals surface area contributed by atoms with Crippen LogP contribution in [0.25, 0.3) is 17.2 Å². The lowest BCUT2D eigenvalue weighted by Gasteiger charge is -2.06. The van der Waals surface area contributed by atoms with Crippen molar-refractivity contribution in [1.82, 2.24) is 0 Å². The van der Waals surface area contributed by atoms with E-state index in [0.29, 0.717) is 21.2 Å². The first-order valence-electron chi connectivity index (χ1n) is 8.18. The molecule has 4 nitrogen and oxygen atoms in total. The summed E-state index contributed by atoms with van der Waals surface area (Å²) in [5.41, 5.74) is 2.21. The lowest BCUT2D eigenvalue weighted by atomic mass is 10.0. The van der Waals surface area contributed by atoms with Gasteiger partial charge in [0.25, 0.3) is 0 Å². The van der Waals surface area contributed by atoms with Crippen LogP contribution < -0.4 is 5.32 Å². The van der Waals surface area contributed by atoms with Gasteiger partial charge in [-0.2, -0.15) is 0 Å². The highest BCUT2D eigenvalue weighted by Crippen LogP contribution is 2.36. The molecule has 0 bridgehead atoms. The zero-order valence-corrected chi connectivity index (χ0v) is 16.3. The highest BCUT2D eigenvalue weighted by atomic mass is 35.5. The number of ether oxygens (including phenoxy) is 1. The van der Waals surface area contributed by atoms with E-state index in [-0.39, 0.29) is 11.4 Å². The summed E-state index contributed by atoms with van der Waals surface area (Å²) in [5.74, 6) is -1.37. The van der Waals surface area contributed by atoms with Gasteiger partial charge in [-0.05, 0) is 41.5 Å². The second kappa shape index (κ2) is 8.82. The van der Waals surface area contributed by atoms with E-state index < -0.39 is 11.9 Å². The minimum Gasteiger partial charge on any atom is -0.465 e. The summed E-state index contributed by atoms with van der Waals surface area (Å²) in [7, 11) is 1.26. The number of hydrogen-bond donors (Lipinski definition) is 1. The Labute approximate surface area is 170 Å². The molecule has 1 aromatic heterocycles. The standard InChI is InChI=1S/C21H15ClFNO3S/c1-27-21(26)19-17(14-6-8-16(23)9-7-14)12-28-20(19)24-18(25)10-5-13-3-2-4-15(22)11-13/h2-12H,1H3,(H,24,25). The molecule has 0 aliphatic carbocycles. The zero-order chi connectivity index (χ0) is 20.1. The number of amides is 1. The zero-order valence-electron chi connectivity index (χ0n) is 14.7. The normalized spacial score (nSPS) is 10.8. The summed E-state index contributed by atoms with van der Waals surface area (Å²) >= 11 is 7.11. The molecule has 0 fully saturated rings. The molecule has 0 spiro atoms. The Bertz CT molecular complexity index is 1040. The fourth-order valence-corrected chi connectivity index (χ4v) is 3.69. The van der Waals surface area contributed by atoms with Gasteiger partial charge in [-0.1, -0.05) is 35.9 Å². The van der Waals surface area contributed by atoms with Crippen LogP contribution in [0, 0.1) is 5.82 Å². The van der Waals surface area contributed by atoms with Gasteiger partial charge in [0.05, 0.1) is 7.11 Å². The predicted molar refractivity (Wildman–Crippen MR) is 110 cm³/mol. The molecule has 1 N–H and O–H groups in total. The molecule has 0 aliphatic rings. The number of nitrogens with one attached hydrogen (secondary N) is 1. The molecule has 1 amide bonds. The molecule has 1 heterocycles. The lowest BCUT2D eigenvalue weighted by molar-refractivity contribution is -0.111. The topological polar surface area (TPSA) is 55.4 Å². The third-order valence-corrected chi connectivity index (χ3v) is 4.98. The van der Waals surface area contributed by atoms with Crippen molar-refractivity contribution in [3.05, 3.63) is 82.0 Å². The number of anilines is 1. The first kappa shape index (κ1) is 19.8. The van der Waals surface area contributed by atoms with Gasteiger partial charge in [-0.15, -0.1) is 11.3 Å². The molecule has 7 heteroatoms. The maximum absolute atomic E-state index is 13.2. The van der Waals surface area contributed by atoms with Crippen molar-refractivity contribution >= 4 is 45.9 Å². The van der Waals surface area contributed by atoms with Crippen molar-refractivity contribution < 1.29 is 18.7 Å². The van der Waals surface area contributed by atoms with E-state index in [4.69, 9.17) is 16.3 Å². The number of esters is 1. The van der Waals surface area contributed by atoms with Gasteiger partial charge < -0.3 is 10.1 Å². The van der Waals surface area contributed by atoms with Crippen LogP contribution in [-0.4, -0.2) is 19.0 Å². The molecule has 0 saturated carbocycles. The molecule has 0 saturated heterocycles. The molecule has 0 radical (unpaired) electrons. The van der Waals surface area contributed by atoms with Crippen LogP contribution in [-0.2, 0) is 9.53 Å². The van der Waals surface area contributed by atoms with Crippen molar-refractivity contribution in [3.63, 3.8) is 0 Å². The molecular formula is C21H15ClFNO3S. The fourth-order valence-electron chi connectivity index (χ4n) is 2.53. The smallest absolute Gasteiger partial charge is 0.341 e. The van der Waals surface area contributed by atoms with Gasteiger partial charge in [0, 0.05) is 22.0 Å². The second-order valence-electron chi connectivity index (χ2n) is 5.73. The summed E-state index contributed by atoms with van der Waals surface area (Å²) < 4.78 is 18.0. The van der Waals surface area contributed by atoms with Crippen molar-refractivity contribution in [2.75, 3.05) is 12.4 Å². The Morgan fingerprint density at radius 2 is 1.93 bits per heavy atom. The van der Waals surface area contributed by atoms with Crippen molar-refractivity contribution in [2.24, 2.45) is 0 Å². The SMILES string of the molecule is COC(=O)c1c(-c2ccc(F)cc2)csc1NC(=O)C=Cc1cccc(Cl)c1. The minimum absolute atomic E-state index is 0.226. The third-order valence-electron chi connectivity index (χ3n) is 3.85. The molecule has 28 heavy (non-hydrogen) atoms. The Kier molecular flexibility index (Phi) is 6.23. The largest absolute Gasteiger partial charge is 0.465 e. The van der Waals surface area contributed by atoms with E-state index in [2.05, 4.69) is 5.32 Å². The van der Waals surface area contributed by atoms with E-state index >= 15 is 0 Å². The highest BCUT2D eigenvalue weighted by molar-refractivity contribution is 7.15. The van der Waals surface area contributed by atoms with Gasteiger partial charge in [0.2, 0.25) is 5.91 Å². The molecule has 2 aromatic carbocycles. The van der Waals surface area contributed by atoms with Crippen molar-refractivity contribution in [3.8, 4) is 11.1 Å². The van der Waals surface area contributed by atoms with Crippen LogP contribution in [0.3, 0.4) is 0 Å². The van der Waals surface area contributed by atoms with Crippen LogP contribution >= 0.6 is 22.9 Å². The van der Waals surface area contributed by atoms with E-state index in [1.54, 1.807) is 41.8 Å². The van der Waals surface area contributed by atoms with E-state index in [0.717, 1.165) is 5.56 Å². The molecule has 3 rings (SSSR count). The second-order valence-corrected chi connectivity index (χ2v) is 7.05. The van der Waals surface area contributed by atoms with Crippen LogP contribution in [0.4, 0.5) is 9.39 Å². The van der Waals surface area contributed by atoms with E-state index in [1.807, 2.05) is 6.07 Å². The van der Waals surface area contributed by atoms with Crippen LogP contribution in [0.5, 0.6) is 0 Å². The van der Waals surface area contributed by atoms with Gasteiger partial charge >= 0.3 is 5.97 Å². The third kappa shape index (κ3) is 4.65. The number of rotatable bonds is 5. The summed E-state index contributed by atoms with van der Waals surface area (Å²) in [6.45, 7) is 0. The maximum Gasteiger partial charge on any atom is 0.341 e. The molecule has 0 unspecified atom stereocenters. The summed E-state index contributed by atoms with van der Waals surface area (Å²) in [6.07, 6.45) is 2.97. The van der Waals surface area contributed by atoms with Gasteiger partial charge in [-0.25, -0.2) is 9.18 Å². The first-order chi connectivity index (χ1) is 13.5. The number of thiophene rings is 1. The molecule has 0 atom stereocenters. The number of halogens is 2. The Morgan fingerprint density at radius 3 is 2.61 bits per heavy atom. The van der Waals surface area contributed by atoms with Gasteiger partial charge in [0.1, 0.15) is 16.4 Å². The van der Waals surface area contributed by atoms with Crippen LogP contribution in [0.15, 0.2) is 60.0 Å². The summed E-state index contributed by atoms with van der Waals surface area (Å²) in [5, 5.41) is 5.34. The van der Waals surface area contributed by atoms with Crippen molar-refractivity contribution in [1.29, 1.82) is 0 Å². The van der Waals surface area contributed by atoms with E-state index in [9.17, 15) is 14.0 Å². The Morgan fingerprint density at radius 1 is 1.18 bits per heavy atom. The minimum atomic E-state index is -0.588.